The molecule has 2 atom stereocenters. The molecule has 1 rings (SSSR count). The first-order valence-corrected chi connectivity index (χ1v) is 5.59. The number of benzene rings is 1. The average Bonchev–Trinajstić information content (AvgIpc) is 2.04. The molecule has 1 aromatic rings. The van der Waals surface area contributed by atoms with E-state index in [2.05, 4.69) is 0 Å². The molecule has 0 heterocycles. The molecule has 0 radical (unpaired) electrons. The quantitative estimate of drug-likeness (QED) is 0.801. The van der Waals surface area contributed by atoms with Gasteiger partial charge in [0, 0.05) is 0 Å². The van der Waals surface area contributed by atoms with Gasteiger partial charge < -0.3 is 0 Å². The van der Waals surface area contributed by atoms with Gasteiger partial charge in [-0.2, -0.15) is 0 Å². The number of hydrogen-bond donors (Lipinski definition) is 1. The van der Waals surface area contributed by atoms with Crippen molar-refractivity contribution in [1.82, 2.24) is 0 Å². The molecule has 1 aromatic carbocycles. The van der Waals surface area contributed by atoms with Crippen molar-refractivity contribution in [2.45, 2.75) is 17.5 Å². The van der Waals surface area contributed by atoms with Gasteiger partial charge in [0.25, 0.3) is 0 Å². The van der Waals surface area contributed by atoms with Gasteiger partial charge in [0.1, 0.15) is 0 Å². The van der Waals surface area contributed by atoms with Crippen molar-refractivity contribution in [3.8, 4) is 0 Å². The van der Waals surface area contributed by atoms with Crippen molar-refractivity contribution in [2.24, 2.45) is 0 Å². The third-order valence-corrected chi connectivity index (χ3v) is 2.77. The zero-order valence-electron chi connectivity index (χ0n) is 7.31. The van der Waals surface area contributed by atoms with Gasteiger partial charge in [-0.25, -0.2) is 0 Å². The number of carboxylic acid groups (broad SMARTS) is 1. The Morgan fingerprint density at radius 2 is 2.00 bits per heavy atom. The van der Waals surface area contributed by atoms with Crippen LogP contribution in [-0.4, -0.2) is 27.9 Å². The predicted octanol–water partition coefficient (Wildman–Crippen LogP) is 1.13. The van der Waals surface area contributed by atoms with Crippen LogP contribution in [0.3, 0.4) is 0 Å². The summed E-state index contributed by atoms with van der Waals surface area (Å²) in [7, 11) is 0. The minimum absolute atomic E-state index is 0.271. The van der Waals surface area contributed by atoms with E-state index in [4.69, 9.17) is 5.11 Å². The summed E-state index contributed by atoms with van der Waals surface area (Å²) in [5, 5.41) is 8.57. The molecule has 2 unspecified atom stereocenters. The van der Waals surface area contributed by atoms with Crippen LogP contribution in [0.2, 0.25) is 4.71 Å². The maximum absolute atomic E-state index is 10.4. The Balaban J connectivity index is 2.45. The molecule has 0 spiro atoms. The molecule has 0 fully saturated rings. The molecule has 0 saturated carbocycles. The summed E-state index contributed by atoms with van der Waals surface area (Å²) in [6.07, 6.45) is 1.14. The molecular weight excluding hydrogens is 227 g/mol. The Hall–Kier alpha value is -0.752. The summed E-state index contributed by atoms with van der Waals surface area (Å²) >= 11 is 1.50. The molecule has 0 amide bonds. The Labute approximate surface area is 86.5 Å². The first-order valence-electron chi connectivity index (χ1n) is 4.20. The maximum atomic E-state index is 10.4. The molecule has 0 bridgehead atoms. The van der Waals surface area contributed by atoms with Gasteiger partial charge in [-0.3, -0.25) is 0 Å². The summed E-state index contributed by atoms with van der Waals surface area (Å²) in [6, 6.07) is 10.0. The second kappa shape index (κ2) is 5.08. The van der Waals surface area contributed by atoms with Crippen molar-refractivity contribution >= 4 is 22.8 Å². The first-order chi connectivity index (χ1) is 6.18. The predicted molar refractivity (Wildman–Crippen MR) is 54.7 cm³/mol. The summed E-state index contributed by atoms with van der Waals surface area (Å²) in [5.41, 5.74) is 1.22. The Kier molecular flexibility index (Phi) is 4.04. The Morgan fingerprint density at radius 1 is 1.38 bits per heavy atom. The van der Waals surface area contributed by atoms with Crippen LogP contribution >= 0.6 is 0 Å². The average molecular weight is 240 g/mol. The molecule has 2 nitrogen and oxygen atoms in total. The summed E-state index contributed by atoms with van der Waals surface area (Å²) in [6.45, 7) is 0. The normalized spacial score (nSPS) is 12.4. The molecule has 13 heavy (non-hydrogen) atoms. The second-order valence-corrected chi connectivity index (χ2v) is 5.03. The topological polar surface area (TPSA) is 37.3 Å². The van der Waals surface area contributed by atoms with Crippen molar-refractivity contribution in [1.29, 1.82) is 0 Å². The zero-order valence-corrected chi connectivity index (χ0v) is 9.73. The fourth-order valence-electron chi connectivity index (χ4n) is 1.21. The fourth-order valence-corrected chi connectivity index (χ4v) is 2.21. The van der Waals surface area contributed by atoms with Gasteiger partial charge in [0.15, 0.2) is 0 Å². The van der Waals surface area contributed by atoms with E-state index in [1.807, 2.05) is 30.3 Å². The molecular formula is C10H13AsO2. The Bertz CT molecular complexity index is 272. The second-order valence-electron chi connectivity index (χ2n) is 3.05. The third kappa shape index (κ3) is 4.14. The van der Waals surface area contributed by atoms with Crippen molar-refractivity contribution in [3.63, 3.8) is 0 Å². The molecule has 70 valence electrons. The summed E-state index contributed by atoms with van der Waals surface area (Å²) < 4.78 is 0.271. The van der Waals surface area contributed by atoms with Crippen LogP contribution < -0.4 is 0 Å². The summed E-state index contributed by atoms with van der Waals surface area (Å²) in [5.74, 6) is -0.703. The number of carbonyl (C=O) groups is 1. The van der Waals surface area contributed by atoms with E-state index in [1.165, 1.54) is 22.4 Å². The molecule has 1 N–H and O–H groups in total. The van der Waals surface area contributed by atoms with E-state index in [1.54, 1.807) is 0 Å². The third-order valence-electron chi connectivity index (χ3n) is 1.78. The number of carboxylic acids is 1. The SMILES string of the molecule is O=C(O)CC([AsH2])Cc1ccccc1. The molecule has 0 aromatic heterocycles. The molecule has 3 heteroatoms. The molecule has 0 aliphatic carbocycles. The zero-order chi connectivity index (χ0) is 9.68. The van der Waals surface area contributed by atoms with Gasteiger partial charge >= 0.3 is 86.2 Å². The van der Waals surface area contributed by atoms with E-state index in [0.717, 1.165) is 6.42 Å². The minimum atomic E-state index is -0.703. The van der Waals surface area contributed by atoms with Gasteiger partial charge in [-0.15, -0.1) is 0 Å². The standard InChI is InChI=1S/C10H13AsO2/c11-9(7-10(12)13)6-8-4-2-1-3-5-8/h1-5,9H,6-7,11H2,(H,12,13). The molecule has 0 saturated heterocycles. The number of rotatable bonds is 4. The number of hydrogen-bond acceptors (Lipinski definition) is 1. The van der Waals surface area contributed by atoms with Crippen LogP contribution in [0.15, 0.2) is 30.3 Å². The monoisotopic (exact) mass is 240 g/mol. The molecule has 0 aliphatic heterocycles. The van der Waals surface area contributed by atoms with Gasteiger partial charge in [-0.05, 0) is 0 Å². The van der Waals surface area contributed by atoms with Crippen LogP contribution in [0, 0.1) is 0 Å². The summed E-state index contributed by atoms with van der Waals surface area (Å²) in [4.78, 5) is 10.4. The van der Waals surface area contributed by atoms with Gasteiger partial charge in [0.2, 0.25) is 0 Å². The van der Waals surface area contributed by atoms with Crippen LogP contribution in [0.4, 0.5) is 0 Å². The number of aliphatic carboxylic acids is 1. The van der Waals surface area contributed by atoms with Crippen LogP contribution in [0.25, 0.3) is 0 Å². The van der Waals surface area contributed by atoms with E-state index >= 15 is 0 Å². The fraction of sp³-hybridized carbons (Fsp3) is 0.300. The van der Waals surface area contributed by atoms with Crippen LogP contribution in [0.1, 0.15) is 12.0 Å². The Morgan fingerprint density at radius 3 is 2.54 bits per heavy atom. The van der Waals surface area contributed by atoms with Crippen molar-refractivity contribution < 1.29 is 9.90 Å². The van der Waals surface area contributed by atoms with E-state index in [0.29, 0.717) is 0 Å². The van der Waals surface area contributed by atoms with Crippen molar-refractivity contribution in [3.05, 3.63) is 35.9 Å². The molecule has 0 aliphatic rings. The first kappa shape index (κ1) is 10.3. The van der Waals surface area contributed by atoms with E-state index in [9.17, 15) is 4.79 Å². The van der Waals surface area contributed by atoms with E-state index < -0.39 is 5.97 Å². The van der Waals surface area contributed by atoms with Crippen molar-refractivity contribution in [2.75, 3.05) is 0 Å². The van der Waals surface area contributed by atoms with E-state index in [-0.39, 0.29) is 11.1 Å². The van der Waals surface area contributed by atoms with Crippen LogP contribution in [-0.2, 0) is 11.2 Å². The van der Waals surface area contributed by atoms with Crippen LogP contribution in [0.5, 0.6) is 0 Å². The van der Waals surface area contributed by atoms with Gasteiger partial charge in [-0.1, -0.05) is 0 Å². The van der Waals surface area contributed by atoms with Gasteiger partial charge in [0.05, 0.1) is 0 Å².